The highest BCUT2D eigenvalue weighted by Gasteiger charge is 2.20. The van der Waals surface area contributed by atoms with Crippen molar-refractivity contribution in [2.75, 3.05) is 6.54 Å². The molecule has 5 nitrogen and oxygen atoms in total. The van der Waals surface area contributed by atoms with Crippen molar-refractivity contribution in [1.82, 2.24) is 10.3 Å². The number of carbonyl (C=O) groups is 2. The van der Waals surface area contributed by atoms with E-state index >= 15 is 0 Å². The summed E-state index contributed by atoms with van der Waals surface area (Å²) in [4.78, 5) is 28.6. The summed E-state index contributed by atoms with van der Waals surface area (Å²) in [5, 5.41) is 3.43. The molecule has 1 aromatic heterocycles. The van der Waals surface area contributed by atoms with Gasteiger partial charge in [0.15, 0.2) is 6.10 Å². The number of para-hydroxylation sites is 1. The van der Waals surface area contributed by atoms with Gasteiger partial charge >= 0.3 is 5.97 Å². The first kappa shape index (κ1) is 15.9. The monoisotopic (exact) mass is 300 g/mol. The van der Waals surface area contributed by atoms with Crippen LogP contribution in [0.3, 0.4) is 0 Å². The number of carbonyl (C=O) groups excluding carboxylic acids is 2. The highest BCUT2D eigenvalue weighted by molar-refractivity contribution is 6.04. The topological polar surface area (TPSA) is 68.3 Å². The Balaban J connectivity index is 2.21. The van der Waals surface area contributed by atoms with Crippen LogP contribution in [-0.2, 0) is 9.53 Å². The van der Waals surface area contributed by atoms with Crippen LogP contribution in [0.25, 0.3) is 10.9 Å². The van der Waals surface area contributed by atoms with Gasteiger partial charge in [0.1, 0.15) is 0 Å². The van der Waals surface area contributed by atoms with E-state index in [2.05, 4.69) is 10.3 Å². The van der Waals surface area contributed by atoms with Crippen LogP contribution in [-0.4, -0.2) is 29.5 Å². The van der Waals surface area contributed by atoms with Crippen molar-refractivity contribution in [3.63, 3.8) is 0 Å². The van der Waals surface area contributed by atoms with Gasteiger partial charge in [0.2, 0.25) is 0 Å². The molecule has 2 aromatic rings. The number of aromatic nitrogens is 1. The number of nitrogens with one attached hydrogen (secondary N) is 1. The van der Waals surface area contributed by atoms with Crippen LogP contribution in [0, 0.1) is 6.92 Å². The molecular formula is C17H20N2O3. The Hall–Kier alpha value is -2.43. The number of hydrogen-bond donors (Lipinski definition) is 1. The molecule has 116 valence electrons. The number of fused-ring (bicyclic) bond motifs is 1. The minimum atomic E-state index is -0.828. The Morgan fingerprint density at radius 2 is 2.05 bits per heavy atom. The fourth-order valence-corrected chi connectivity index (χ4v) is 2.15. The summed E-state index contributed by atoms with van der Waals surface area (Å²) in [5.41, 5.74) is 1.89. The molecule has 1 aromatic carbocycles. The van der Waals surface area contributed by atoms with Gasteiger partial charge in [-0.05, 0) is 32.4 Å². The maximum atomic E-state index is 12.4. The van der Waals surface area contributed by atoms with E-state index in [1.807, 2.05) is 38.1 Å². The van der Waals surface area contributed by atoms with E-state index in [1.165, 1.54) is 0 Å². The van der Waals surface area contributed by atoms with Gasteiger partial charge in [-0.25, -0.2) is 4.79 Å². The van der Waals surface area contributed by atoms with Crippen molar-refractivity contribution in [3.8, 4) is 0 Å². The third-order valence-corrected chi connectivity index (χ3v) is 3.27. The average molecular weight is 300 g/mol. The fourth-order valence-electron chi connectivity index (χ4n) is 2.15. The van der Waals surface area contributed by atoms with E-state index in [-0.39, 0.29) is 5.91 Å². The van der Waals surface area contributed by atoms with Crippen LogP contribution >= 0.6 is 0 Å². The van der Waals surface area contributed by atoms with Gasteiger partial charge < -0.3 is 10.1 Å². The van der Waals surface area contributed by atoms with Crippen LogP contribution in [0.5, 0.6) is 0 Å². The molecule has 5 heteroatoms. The van der Waals surface area contributed by atoms with Gasteiger partial charge in [-0.2, -0.15) is 0 Å². The van der Waals surface area contributed by atoms with Gasteiger partial charge in [0, 0.05) is 17.6 Å². The molecule has 22 heavy (non-hydrogen) atoms. The van der Waals surface area contributed by atoms with Crippen LogP contribution in [0.4, 0.5) is 0 Å². The first-order chi connectivity index (χ1) is 10.5. The third-order valence-electron chi connectivity index (χ3n) is 3.27. The fraction of sp³-hybridized carbons (Fsp3) is 0.353. The lowest BCUT2D eigenvalue weighted by atomic mass is 10.1. The van der Waals surface area contributed by atoms with E-state index in [0.29, 0.717) is 12.1 Å². The molecule has 0 fully saturated rings. The summed E-state index contributed by atoms with van der Waals surface area (Å²) in [6.45, 7) is 5.92. The molecule has 0 bridgehead atoms. The lowest BCUT2D eigenvalue weighted by Gasteiger charge is -2.14. The zero-order chi connectivity index (χ0) is 16.1. The van der Waals surface area contributed by atoms with E-state index in [0.717, 1.165) is 23.0 Å². The quantitative estimate of drug-likeness (QED) is 0.862. The zero-order valence-corrected chi connectivity index (χ0v) is 13.1. The second-order valence-corrected chi connectivity index (χ2v) is 5.17. The summed E-state index contributed by atoms with van der Waals surface area (Å²) in [6, 6.07) is 9.05. The standard InChI is InChI=1S/C17H20N2O3/c1-4-9-18-16(20)12(3)22-17(21)14-10-11(2)19-15-8-6-5-7-13(14)15/h5-8,10,12H,4,9H2,1-3H3,(H,18,20)/t12-/m1/s1. The predicted octanol–water partition coefficient (Wildman–Crippen LogP) is 2.61. The summed E-state index contributed by atoms with van der Waals surface area (Å²) in [5.74, 6) is -0.800. The second kappa shape index (κ2) is 7.02. The lowest BCUT2D eigenvalue weighted by molar-refractivity contribution is -0.129. The van der Waals surface area contributed by atoms with Crippen molar-refractivity contribution in [2.24, 2.45) is 0 Å². The van der Waals surface area contributed by atoms with Crippen molar-refractivity contribution in [3.05, 3.63) is 41.6 Å². The second-order valence-electron chi connectivity index (χ2n) is 5.17. The highest BCUT2D eigenvalue weighted by atomic mass is 16.5. The molecule has 0 aliphatic carbocycles. The number of aryl methyl sites for hydroxylation is 1. The predicted molar refractivity (Wildman–Crippen MR) is 84.7 cm³/mol. The Labute approximate surface area is 129 Å². The van der Waals surface area contributed by atoms with Gasteiger partial charge in [-0.3, -0.25) is 9.78 Å². The Morgan fingerprint density at radius 3 is 2.77 bits per heavy atom. The maximum absolute atomic E-state index is 12.4. The van der Waals surface area contributed by atoms with E-state index in [9.17, 15) is 9.59 Å². The van der Waals surface area contributed by atoms with Gasteiger partial charge in [0.05, 0.1) is 11.1 Å². The van der Waals surface area contributed by atoms with E-state index in [1.54, 1.807) is 13.0 Å². The van der Waals surface area contributed by atoms with Crippen LogP contribution in [0.15, 0.2) is 30.3 Å². The number of nitrogens with zero attached hydrogens (tertiary/aromatic N) is 1. The molecule has 0 saturated carbocycles. The van der Waals surface area contributed by atoms with Crippen LogP contribution in [0.1, 0.15) is 36.3 Å². The lowest BCUT2D eigenvalue weighted by Crippen LogP contribution is -2.36. The molecule has 1 amide bonds. The molecule has 1 atom stereocenters. The summed E-state index contributed by atoms with van der Waals surface area (Å²) in [6.07, 6.45) is 0.00641. The number of rotatable bonds is 5. The minimum Gasteiger partial charge on any atom is -0.449 e. The molecule has 1 heterocycles. The van der Waals surface area contributed by atoms with Gasteiger partial charge in [-0.15, -0.1) is 0 Å². The number of esters is 1. The Morgan fingerprint density at radius 1 is 1.32 bits per heavy atom. The Bertz CT molecular complexity index is 697. The molecule has 0 radical (unpaired) electrons. The number of pyridine rings is 1. The van der Waals surface area contributed by atoms with E-state index in [4.69, 9.17) is 4.74 Å². The minimum absolute atomic E-state index is 0.287. The smallest absolute Gasteiger partial charge is 0.339 e. The summed E-state index contributed by atoms with van der Waals surface area (Å²) in [7, 11) is 0. The van der Waals surface area contributed by atoms with Gasteiger partial charge in [0.25, 0.3) is 5.91 Å². The van der Waals surface area contributed by atoms with Crippen molar-refractivity contribution < 1.29 is 14.3 Å². The Kier molecular flexibility index (Phi) is 5.09. The van der Waals surface area contributed by atoms with Crippen LogP contribution < -0.4 is 5.32 Å². The van der Waals surface area contributed by atoms with Gasteiger partial charge in [-0.1, -0.05) is 25.1 Å². The SMILES string of the molecule is CCCNC(=O)[C@@H](C)OC(=O)c1cc(C)nc2ccccc12. The first-order valence-electron chi connectivity index (χ1n) is 7.38. The molecule has 1 N–H and O–H groups in total. The molecule has 2 rings (SSSR count). The highest BCUT2D eigenvalue weighted by Crippen LogP contribution is 2.19. The summed E-state index contributed by atoms with van der Waals surface area (Å²) >= 11 is 0. The molecular weight excluding hydrogens is 280 g/mol. The number of hydrogen-bond acceptors (Lipinski definition) is 4. The largest absolute Gasteiger partial charge is 0.449 e. The summed E-state index contributed by atoms with van der Waals surface area (Å²) < 4.78 is 5.28. The van der Waals surface area contributed by atoms with Crippen LogP contribution in [0.2, 0.25) is 0 Å². The normalized spacial score (nSPS) is 12.0. The number of amides is 1. The molecule has 0 spiro atoms. The van der Waals surface area contributed by atoms with E-state index < -0.39 is 12.1 Å². The molecule has 0 aliphatic rings. The third kappa shape index (κ3) is 3.61. The van der Waals surface area contributed by atoms with Crippen molar-refractivity contribution in [1.29, 1.82) is 0 Å². The number of benzene rings is 1. The van der Waals surface area contributed by atoms with Crippen molar-refractivity contribution >= 4 is 22.8 Å². The van der Waals surface area contributed by atoms with Crippen molar-refractivity contribution in [2.45, 2.75) is 33.3 Å². The molecule has 0 unspecified atom stereocenters. The molecule has 0 aliphatic heterocycles. The maximum Gasteiger partial charge on any atom is 0.339 e. The zero-order valence-electron chi connectivity index (χ0n) is 13.1. The average Bonchev–Trinajstić information content (AvgIpc) is 2.51. The first-order valence-corrected chi connectivity index (χ1v) is 7.38. The molecule has 0 saturated heterocycles. The number of ether oxygens (including phenoxy) is 1.